The standard InChI is InChI=1S/C16H18Cl2N4/c1-9-10(14(19)22-15(20)21-9)7-8-16(2,3)13-11(17)5-4-6-12(13)18/h4-8H,1-3H3,(H4,19,20,21,22)/b8-7+. The smallest absolute Gasteiger partial charge is 0.222 e. The molecule has 0 radical (unpaired) electrons. The molecular weight excluding hydrogens is 319 g/mol. The lowest BCUT2D eigenvalue weighted by molar-refractivity contribution is 0.674. The van der Waals surface area contributed by atoms with Crippen molar-refractivity contribution in [2.45, 2.75) is 26.2 Å². The predicted octanol–water partition coefficient (Wildman–Crippen LogP) is 4.25. The maximum absolute atomic E-state index is 6.29. The molecule has 1 aromatic heterocycles. The van der Waals surface area contributed by atoms with Crippen molar-refractivity contribution in [1.29, 1.82) is 0 Å². The van der Waals surface area contributed by atoms with Crippen LogP contribution in [0.5, 0.6) is 0 Å². The van der Waals surface area contributed by atoms with Crippen LogP contribution >= 0.6 is 23.2 Å². The maximum atomic E-state index is 6.29. The summed E-state index contributed by atoms with van der Waals surface area (Å²) >= 11 is 12.6. The minimum atomic E-state index is -0.379. The van der Waals surface area contributed by atoms with Gasteiger partial charge in [0.15, 0.2) is 0 Å². The second-order valence-corrected chi connectivity index (χ2v) is 6.43. The molecule has 4 N–H and O–H groups in total. The quantitative estimate of drug-likeness (QED) is 0.878. The Bertz CT molecular complexity index is 696. The fourth-order valence-electron chi connectivity index (χ4n) is 2.32. The Balaban J connectivity index is 2.45. The lowest BCUT2D eigenvalue weighted by Crippen LogP contribution is -2.15. The Hall–Kier alpha value is -1.78. The van der Waals surface area contributed by atoms with E-state index in [4.69, 9.17) is 34.7 Å². The van der Waals surface area contributed by atoms with Gasteiger partial charge in [-0.3, -0.25) is 0 Å². The Morgan fingerprint density at radius 3 is 2.23 bits per heavy atom. The molecule has 1 aromatic carbocycles. The number of rotatable bonds is 3. The van der Waals surface area contributed by atoms with Crippen LogP contribution < -0.4 is 11.5 Å². The van der Waals surface area contributed by atoms with E-state index in [9.17, 15) is 0 Å². The van der Waals surface area contributed by atoms with Crippen molar-refractivity contribution in [2.24, 2.45) is 0 Å². The predicted molar refractivity (Wildman–Crippen MR) is 94.1 cm³/mol. The number of anilines is 2. The third kappa shape index (κ3) is 3.34. The average Bonchev–Trinajstić information content (AvgIpc) is 2.36. The van der Waals surface area contributed by atoms with E-state index < -0.39 is 0 Å². The number of nitrogens with two attached hydrogens (primary N) is 2. The van der Waals surface area contributed by atoms with Crippen LogP contribution in [-0.2, 0) is 5.41 Å². The number of halogens is 2. The summed E-state index contributed by atoms with van der Waals surface area (Å²) in [6.45, 7) is 5.89. The molecular formula is C16H18Cl2N4. The van der Waals surface area contributed by atoms with Crippen LogP contribution in [0.15, 0.2) is 24.3 Å². The van der Waals surface area contributed by atoms with Crippen molar-refractivity contribution < 1.29 is 0 Å². The zero-order valence-electron chi connectivity index (χ0n) is 12.7. The number of hydrogen-bond acceptors (Lipinski definition) is 4. The van der Waals surface area contributed by atoms with Gasteiger partial charge in [0.1, 0.15) is 5.82 Å². The molecule has 0 amide bonds. The van der Waals surface area contributed by atoms with Gasteiger partial charge < -0.3 is 11.5 Å². The zero-order valence-corrected chi connectivity index (χ0v) is 14.2. The van der Waals surface area contributed by atoms with Crippen molar-refractivity contribution in [2.75, 3.05) is 11.5 Å². The first kappa shape index (κ1) is 16.6. The third-order valence-electron chi connectivity index (χ3n) is 3.46. The van der Waals surface area contributed by atoms with Crippen molar-refractivity contribution in [1.82, 2.24) is 9.97 Å². The molecule has 0 aliphatic rings. The molecule has 0 atom stereocenters. The van der Waals surface area contributed by atoms with E-state index in [1.54, 1.807) is 0 Å². The van der Waals surface area contributed by atoms with Crippen LogP contribution in [0.1, 0.15) is 30.7 Å². The number of aromatic nitrogens is 2. The highest BCUT2D eigenvalue weighted by Crippen LogP contribution is 2.37. The summed E-state index contributed by atoms with van der Waals surface area (Å²) in [5.74, 6) is 0.517. The molecule has 4 nitrogen and oxygen atoms in total. The largest absolute Gasteiger partial charge is 0.383 e. The first-order valence-corrected chi connectivity index (χ1v) is 7.51. The lowest BCUT2D eigenvalue weighted by atomic mass is 9.83. The molecule has 0 saturated heterocycles. The summed E-state index contributed by atoms with van der Waals surface area (Å²) in [5, 5.41) is 1.25. The molecule has 0 bridgehead atoms. The van der Waals surface area contributed by atoms with Gasteiger partial charge in [-0.1, -0.05) is 55.3 Å². The van der Waals surface area contributed by atoms with Crippen molar-refractivity contribution in [3.63, 3.8) is 0 Å². The zero-order chi connectivity index (χ0) is 16.5. The van der Waals surface area contributed by atoms with Gasteiger partial charge in [-0.2, -0.15) is 4.98 Å². The minimum Gasteiger partial charge on any atom is -0.383 e. The Morgan fingerprint density at radius 1 is 1.09 bits per heavy atom. The Labute approximate surface area is 140 Å². The summed E-state index contributed by atoms with van der Waals surface area (Å²) < 4.78 is 0. The molecule has 0 saturated carbocycles. The molecule has 6 heteroatoms. The molecule has 1 heterocycles. The Kier molecular flexibility index (Phi) is 4.63. The number of benzene rings is 1. The second-order valence-electron chi connectivity index (χ2n) is 5.62. The first-order valence-electron chi connectivity index (χ1n) is 6.75. The van der Waals surface area contributed by atoms with E-state index in [0.29, 0.717) is 15.9 Å². The van der Waals surface area contributed by atoms with Crippen LogP contribution in [0.3, 0.4) is 0 Å². The first-order chi connectivity index (χ1) is 10.2. The van der Waals surface area contributed by atoms with E-state index in [1.165, 1.54) is 0 Å². The maximum Gasteiger partial charge on any atom is 0.222 e. The normalized spacial score (nSPS) is 12.0. The third-order valence-corrected chi connectivity index (χ3v) is 4.09. The van der Waals surface area contributed by atoms with E-state index in [0.717, 1.165) is 16.8 Å². The molecule has 2 rings (SSSR count). The Morgan fingerprint density at radius 2 is 1.68 bits per heavy atom. The molecule has 0 aliphatic heterocycles. The summed E-state index contributed by atoms with van der Waals surface area (Å²) in [5.41, 5.74) is 13.4. The van der Waals surface area contributed by atoms with Crippen molar-refractivity contribution >= 4 is 41.0 Å². The van der Waals surface area contributed by atoms with Gasteiger partial charge in [0.25, 0.3) is 0 Å². The minimum absolute atomic E-state index is 0.167. The van der Waals surface area contributed by atoms with Gasteiger partial charge in [-0.25, -0.2) is 4.98 Å². The highest BCUT2D eigenvalue weighted by molar-refractivity contribution is 6.36. The van der Waals surface area contributed by atoms with E-state index >= 15 is 0 Å². The summed E-state index contributed by atoms with van der Waals surface area (Å²) in [6.07, 6.45) is 3.86. The molecule has 0 aliphatic carbocycles. The van der Waals surface area contributed by atoms with Gasteiger partial charge in [0.05, 0.1) is 5.69 Å². The summed E-state index contributed by atoms with van der Waals surface area (Å²) in [7, 11) is 0. The van der Waals surface area contributed by atoms with Gasteiger partial charge >= 0.3 is 0 Å². The highest BCUT2D eigenvalue weighted by Gasteiger charge is 2.23. The van der Waals surface area contributed by atoms with Crippen LogP contribution in [0, 0.1) is 6.92 Å². The molecule has 116 valence electrons. The number of allylic oxidation sites excluding steroid dienone is 1. The van der Waals surface area contributed by atoms with Crippen LogP contribution in [0.4, 0.5) is 11.8 Å². The second kappa shape index (κ2) is 6.15. The van der Waals surface area contributed by atoms with Gasteiger partial charge in [0.2, 0.25) is 5.95 Å². The van der Waals surface area contributed by atoms with E-state index in [-0.39, 0.29) is 11.4 Å². The lowest BCUT2D eigenvalue weighted by Gasteiger charge is -2.24. The van der Waals surface area contributed by atoms with Gasteiger partial charge in [0, 0.05) is 21.0 Å². The summed E-state index contributed by atoms with van der Waals surface area (Å²) in [6, 6.07) is 5.47. The van der Waals surface area contributed by atoms with Crippen molar-refractivity contribution in [3.8, 4) is 0 Å². The van der Waals surface area contributed by atoms with Crippen LogP contribution in [0.25, 0.3) is 6.08 Å². The summed E-state index contributed by atoms with van der Waals surface area (Å²) in [4.78, 5) is 8.11. The fraction of sp³-hybridized carbons (Fsp3) is 0.250. The van der Waals surface area contributed by atoms with Crippen molar-refractivity contribution in [3.05, 3.63) is 51.1 Å². The molecule has 2 aromatic rings. The van der Waals surface area contributed by atoms with Gasteiger partial charge in [-0.15, -0.1) is 0 Å². The fourth-order valence-corrected chi connectivity index (χ4v) is 3.20. The number of nitrogens with zero attached hydrogens (tertiary/aromatic N) is 2. The van der Waals surface area contributed by atoms with Crippen LogP contribution in [0.2, 0.25) is 10.0 Å². The number of nitrogen functional groups attached to an aromatic ring is 2. The highest BCUT2D eigenvalue weighted by atomic mass is 35.5. The number of hydrogen-bond donors (Lipinski definition) is 2. The monoisotopic (exact) mass is 336 g/mol. The van der Waals surface area contributed by atoms with E-state index in [2.05, 4.69) is 9.97 Å². The molecule has 0 fully saturated rings. The van der Waals surface area contributed by atoms with Gasteiger partial charge in [-0.05, 0) is 24.6 Å². The molecule has 22 heavy (non-hydrogen) atoms. The topological polar surface area (TPSA) is 77.8 Å². The molecule has 0 unspecified atom stereocenters. The van der Waals surface area contributed by atoms with Crippen LogP contribution in [-0.4, -0.2) is 9.97 Å². The van der Waals surface area contributed by atoms with E-state index in [1.807, 2.05) is 51.1 Å². The average molecular weight is 337 g/mol. The molecule has 0 spiro atoms. The number of aryl methyl sites for hydroxylation is 1. The SMILES string of the molecule is Cc1nc(N)nc(N)c1/C=C/C(C)(C)c1c(Cl)cccc1Cl.